The van der Waals surface area contributed by atoms with Gasteiger partial charge in [0.1, 0.15) is 23.0 Å². The largest absolute Gasteiger partial charge is 0.460 e. The number of halogens is 2. The van der Waals surface area contributed by atoms with E-state index in [0.717, 1.165) is 57.7 Å². The molecule has 0 aliphatic carbocycles. The zero-order valence-electron chi connectivity index (χ0n) is 14.5. The third kappa shape index (κ3) is 7.46. The molecule has 8 heteroatoms. The summed E-state index contributed by atoms with van der Waals surface area (Å²) in [5.74, 6) is -0.266. The summed E-state index contributed by atoms with van der Waals surface area (Å²) in [6.07, 6.45) is 2.77. The molecule has 0 spiro atoms. The predicted molar refractivity (Wildman–Crippen MR) is 98.0 cm³/mol. The minimum absolute atomic E-state index is 0.132. The number of carbonyl (C=O) groups is 1. The lowest BCUT2D eigenvalue weighted by molar-refractivity contribution is -0.147. The zero-order valence-corrected chi connectivity index (χ0v) is 16.0. The van der Waals surface area contributed by atoms with Gasteiger partial charge in [-0.1, -0.05) is 29.6 Å². The van der Waals surface area contributed by atoms with Crippen LogP contribution in [0, 0.1) is 0 Å². The van der Waals surface area contributed by atoms with Gasteiger partial charge in [-0.25, -0.2) is 4.98 Å². The Morgan fingerprint density at radius 1 is 1.32 bits per heavy atom. The molecule has 1 aromatic heterocycles. The smallest absolute Gasteiger partial charge is 0.323 e. The first-order valence-corrected chi connectivity index (χ1v) is 9.30. The second-order valence-electron chi connectivity index (χ2n) is 6.02. The second kappa shape index (κ2) is 10.9. The number of unbranched alkanes of at least 4 members (excludes halogenated alkanes) is 1. The van der Waals surface area contributed by atoms with Crippen LogP contribution < -0.4 is 5.32 Å². The maximum Gasteiger partial charge on any atom is 0.323 e. The Labute approximate surface area is 158 Å². The lowest BCUT2D eigenvalue weighted by atomic mass is 10.1. The molecule has 0 amide bonds. The van der Waals surface area contributed by atoms with E-state index in [1.165, 1.54) is 0 Å². The van der Waals surface area contributed by atoms with Crippen molar-refractivity contribution in [2.75, 3.05) is 39.9 Å². The molecule has 0 unspecified atom stereocenters. The Balaban J connectivity index is 1.68. The van der Waals surface area contributed by atoms with Crippen molar-refractivity contribution in [2.45, 2.75) is 31.9 Å². The van der Waals surface area contributed by atoms with E-state index in [1.54, 1.807) is 19.2 Å². The first-order chi connectivity index (χ1) is 12.1. The fraction of sp³-hybridized carbons (Fsp3) is 0.647. The van der Waals surface area contributed by atoms with Gasteiger partial charge in [0.15, 0.2) is 0 Å². The van der Waals surface area contributed by atoms with Gasteiger partial charge in [-0.05, 0) is 44.1 Å². The van der Waals surface area contributed by atoms with Gasteiger partial charge in [-0.15, -0.1) is 0 Å². The SMILES string of the molecule is CN[C@@H](CCCCN1CCOCC1)C(=O)OCc1cc(Cl)nc(Cl)c1. The molecular formula is C17H25Cl2N3O3. The summed E-state index contributed by atoms with van der Waals surface area (Å²) in [7, 11) is 1.77. The van der Waals surface area contributed by atoms with E-state index in [2.05, 4.69) is 15.2 Å². The minimum Gasteiger partial charge on any atom is -0.460 e. The topological polar surface area (TPSA) is 63.7 Å². The van der Waals surface area contributed by atoms with Gasteiger partial charge in [0, 0.05) is 13.1 Å². The number of hydrogen-bond acceptors (Lipinski definition) is 6. The maximum atomic E-state index is 12.2. The molecule has 0 bridgehead atoms. The number of aromatic nitrogens is 1. The third-order valence-electron chi connectivity index (χ3n) is 4.16. The number of ether oxygens (including phenoxy) is 2. The van der Waals surface area contributed by atoms with Crippen LogP contribution in [0.25, 0.3) is 0 Å². The van der Waals surface area contributed by atoms with Gasteiger partial charge in [0.2, 0.25) is 0 Å². The van der Waals surface area contributed by atoms with Crippen molar-refractivity contribution in [3.63, 3.8) is 0 Å². The van der Waals surface area contributed by atoms with E-state index >= 15 is 0 Å². The molecule has 0 aromatic carbocycles. The molecule has 0 saturated carbocycles. The van der Waals surface area contributed by atoms with Crippen LogP contribution in [0.2, 0.25) is 10.3 Å². The van der Waals surface area contributed by atoms with Crippen molar-refractivity contribution in [3.05, 3.63) is 28.0 Å². The number of pyridine rings is 1. The van der Waals surface area contributed by atoms with Crippen LogP contribution >= 0.6 is 23.2 Å². The number of likely N-dealkylation sites (N-methyl/N-ethyl adjacent to an activating group) is 1. The van der Waals surface area contributed by atoms with Gasteiger partial charge < -0.3 is 14.8 Å². The van der Waals surface area contributed by atoms with E-state index in [9.17, 15) is 4.79 Å². The molecule has 1 N–H and O–H groups in total. The second-order valence-corrected chi connectivity index (χ2v) is 6.79. The van der Waals surface area contributed by atoms with Crippen molar-refractivity contribution in [1.29, 1.82) is 0 Å². The number of esters is 1. The quantitative estimate of drug-likeness (QED) is 0.397. The highest BCUT2D eigenvalue weighted by Crippen LogP contribution is 2.16. The van der Waals surface area contributed by atoms with Crippen LogP contribution in [0.15, 0.2) is 12.1 Å². The van der Waals surface area contributed by atoms with Crippen LogP contribution in [-0.2, 0) is 20.9 Å². The molecule has 0 radical (unpaired) electrons. The van der Waals surface area contributed by atoms with Crippen LogP contribution in [0.1, 0.15) is 24.8 Å². The average Bonchev–Trinajstić information content (AvgIpc) is 2.60. The molecule has 1 atom stereocenters. The normalized spacial score (nSPS) is 16.6. The van der Waals surface area contributed by atoms with Crippen molar-refractivity contribution in [2.24, 2.45) is 0 Å². The minimum atomic E-state index is -0.308. The van der Waals surface area contributed by atoms with Crippen molar-refractivity contribution in [1.82, 2.24) is 15.2 Å². The predicted octanol–water partition coefficient (Wildman–Crippen LogP) is 2.52. The molecule has 140 valence electrons. The molecule has 2 heterocycles. The lowest BCUT2D eigenvalue weighted by Crippen LogP contribution is -2.37. The Morgan fingerprint density at radius 2 is 2.00 bits per heavy atom. The number of morpholine rings is 1. The maximum absolute atomic E-state index is 12.2. The van der Waals surface area contributed by atoms with Crippen LogP contribution in [0.3, 0.4) is 0 Å². The molecule has 1 fully saturated rings. The van der Waals surface area contributed by atoms with Crippen molar-refractivity contribution < 1.29 is 14.3 Å². The first-order valence-electron chi connectivity index (χ1n) is 8.54. The highest BCUT2D eigenvalue weighted by molar-refractivity contribution is 6.32. The molecule has 2 rings (SSSR count). The fourth-order valence-corrected chi connectivity index (χ4v) is 3.25. The summed E-state index contributed by atoms with van der Waals surface area (Å²) in [6.45, 7) is 4.79. The highest BCUT2D eigenvalue weighted by Gasteiger charge is 2.18. The van der Waals surface area contributed by atoms with Gasteiger partial charge in [-0.3, -0.25) is 9.69 Å². The highest BCUT2D eigenvalue weighted by atomic mass is 35.5. The average molecular weight is 390 g/mol. The summed E-state index contributed by atoms with van der Waals surface area (Å²) >= 11 is 11.7. The number of rotatable bonds is 9. The van der Waals surface area contributed by atoms with E-state index in [4.69, 9.17) is 32.7 Å². The van der Waals surface area contributed by atoms with Gasteiger partial charge in [-0.2, -0.15) is 0 Å². The molecule has 1 saturated heterocycles. The Kier molecular flexibility index (Phi) is 8.92. The van der Waals surface area contributed by atoms with Crippen LogP contribution in [-0.4, -0.2) is 61.8 Å². The molecule has 1 aliphatic heterocycles. The molecular weight excluding hydrogens is 365 g/mol. The molecule has 25 heavy (non-hydrogen) atoms. The number of nitrogens with zero attached hydrogens (tertiary/aromatic N) is 2. The van der Waals surface area contributed by atoms with E-state index in [0.29, 0.717) is 0 Å². The molecule has 1 aliphatic rings. The van der Waals surface area contributed by atoms with Gasteiger partial charge in [0.05, 0.1) is 13.2 Å². The first kappa shape index (κ1) is 20.4. The molecule has 1 aromatic rings. The van der Waals surface area contributed by atoms with Crippen LogP contribution in [0.4, 0.5) is 0 Å². The fourth-order valence-electron chi connectivity index (χ4n) is 2.74. The summed E-state index contributed by atoms with van der Waals surface area (Å²) in [5.41, 5.74) is 0.723. The third-order valence-corrected chi connectivity index (χ3v) is 4.54. The van der Waals surface area contributed by atoms with Gasteiger partial charge in [0.25, 0.3) is 0 Å². The van der Waals surface area contributed by atoms with E-state index in [-0.39, 0.29) is 28.9 Å². The number of carbonyl (C=O) groups excluding carboxylic acids is 1. The monoisotopic (exact) mass is 389 g/mol. The number of nitrogens with one attached hydrogen (secondary N) is 1. The van der Waals surface area contributed by atoms with E-state index < -0.39 is 0 Å². The Bertz CT molecular complexity index is 534. The van der Waals surface area contributed by atoms with E-state index in [1.807, 2.05) is 0 Å². The Hall–Kier alpha value is -0.920. The summed E-state index contributed by atoms with van der Waals surface area (Å²) < 4.78 is 10.7. The van der Waals surface area contributed by atoms with Crippen molar-refractivity contribution >= 4 is 29.2 Å². The summed E-state index contributed by atoms with van der Waals surface area (Å²) in [4.78, 5) is 18.5. The Morgan fingerprint density at radius 3 is 2.64 bits per heavy atom. The standard InChI is InChI=1S/C17H25Cl2N3O3/c1-20-14(4-2-3-5-22-6-8-24-9-7-22)17(23)25-12-13-10-15(18)21-16(19)11-13/h10-11,14,20H,2-9,12H2,1H3/t14-/m0/s1. The zero-order chi connectivity index (χ0) is 18.1. The van der Waals surface area contributed by atoms with Gasteiger partial charge >= 0.3 is 5.97 Å². The van der Waals surface area contributed by atoms with Crippen LogP contribution in [0.5, 0.6) is 0 Å². The molecule has 6 nitrogen and oxygen atoms in total. The lowest BCUT2D eigenvalue weighted by Gasteiger charge is -2.26. The van der Waals surface area contributed by atoms with Crippen molar-refractivity contribution in [3.8, 4) is 0 Å². The number of hydrogen-bond donors (Lipinski definition) is 1. The summed E-state index contributed by atoms with van der Waals surface area (Å²) in [5, 5.41) is 3.59. The summed E-state index contributed by atoms with van der Waals surface area (Å²) in [6, 6.07) is 2.96.